The predicted molar refractivity (Wildman–Crippen MR) is 68.4 cm³/mol. The van der Waals surface area contributed by atoms with Crippen molar-refractivity contribution in [3.8, 4) is 5.75 Å². The Balaban J connectivity index is 2.89. The largest absolute Gasteiger partial charge is 0.573 e. The molecule has 0 spiro atoms. The minimum atomic E-state index is -4.86. The van der Waals surface area contributed by atoms with E-state index < -0.39 is 23.8 Å². The number of rotatable bonds is 3. The molecule has 0 unspecified atom stereocenters. The van der Waals surface area contributed by atoms with Gasteiger partial charge >= 0.3 is 12.5 Å². The van der Waals surface area contributed by atoms with E-state index >= 15 is 0 Å². The van der Waals surface area contributed by atoms with Gasteiger partial charge in [-0.25, -0.2) is 4.79 Å². The van der Waals surface area contributed by atoms with Gasteiger partial charge in [0.1, 0.15) is 11.4 Å². The molecule has 21 heavy (non-hydrogen) atoms. The number of ether oxygens (including phenoxy) is 2. The summed E-state index contributed by atoms with van der Waals surface area (Å²) >= 11 is 0. The molecule has 0 heterocycles. The highest BCUT2D eigenvalue weighted by Crippen LogP contribution is 2.26. The molecule has 1 rings (SSSR count). The Kier molecular flexibility index (Phi) is 4.82. The molecule has 0 saturated carbocycles. The molecule has 0 aliphatic rings. The van der Waals surface area contributed by atoms with Crippen molar-refractivity contribution in [3.05, 3.63) is 23.8 Å². The molecule has 0 aliphatic heterocycles. The average Bonchev–Trinajstić information content (AvgIpc) is 2.26. The summed E-state index contributed by atoms with van der Waals surface area (Å²) in [7, 11) is 0. The summed E-state index contributed by atoms with van der Waals surface area (Å²) in [6.45, 7) is 4.94. The monoisotopic (exact) mass is 305 g/mol. The molecule has 1 N–H and O–H groups in total. The maximum atomic E-state index is 12.1. The fraction of sp³-hybridized carbons (Fsp3) is 0.385. The number of nitrogens with one attached hydrogen (secondary N) is 1. The molecule has 0 fully saturated rings. The topological polar surface area (TPSA) is 64.6 Å². The number of alkyl halides is 3. The standard InChI is InChI=1S/C13H14F3NO4/c1-12(2,3)21-11(19)17-10-5-4-9(6-8(10)7-18)20-13(14,15)16/h4-7H,1-3H3,(H,17,19). The Bertz CT molecular complexity index is 535. The molecule has 0 aliphatic carbocycles. The predicted octanol–water partition coefficient (Wildman–Crippen LogP) is 3.74. The zero-order valence-corrected chi connectivity index (χ0v) is 11.6. The number of benzene rings is 1. The second-order valence-corrected chi connectivity index (χ2v) is 5.04. The fourth-order valence-corrected chi connectivity index (χ4v) is 1.36. The summed E-state index contributed by atoms with van der Waals surface area (Å²) in [5, 5.41) is 2.28. The van der Waals surface area contributed by atoms with E-state index in [2.05, 4.69) is 10.1 Å². The van der Waals surface area contributed by atoms with Crippen LogP contribution in [0.2, 0.25) is 0 Å². The molecule has 8 heteroatoms. The summed E-state index contributed by atoms with van der Waals surface area (Å²) in [6.07, 6.45) is -5.38. The molecule has 0 bridgehead atoms. The quantitative estimate of drug-likeness (QED) is 0.864. The maximum absolute atomic E-state index is 12.1. The van der Waals surface area contributed by atoms with Gasteiger partial charge in [0.2, 0.25) is 0 Å². The van der Waals surface area contributed by atoms with Gasteiger partial charge in [0.05, 0.1) is 5.69 Å². The number of aldehydes is 1. The summed E-state index contributed by atoms with van der Waals surface area (Å²) in [5.41, 5.74) is -0.888. The number of amides is 1. The third kappa shape index (κ3) is 6.15. The van der Waals surface area contributed by atoms with Crippen LogP contribution in [0.3, 0.4) is 0 Å². The average molecular weight is 305 g/mol. The van der Waals surface area contributed by atoms with E-state index in [1.54, 1.807) is 20.8 Å². The summed E-state index contributed by atoms with van der Waals surface area (Å²) in [5.74, 6) is -0.556. The Morgan fingerprint density at radius 3 is 2.33 bits per heavy atom. The van der Waals surface area contributed by atoms with E-state index in [-0.39, 0.29) is 11.3 Å². The van der Waals surface area contributed by atoms with Crippen molar-refractivity contribution >= 4 is 18.1 Å². The van der Waals surface area contributed by atoms with Crippen LogP contribution in [0, 0.1) is 0 Å². The van der Waals surface area contributed by atoms with Gasteiger partial charge in [0, 0.05) is 5.56 Å². The van der Waals surface area contributed by atoms with Crippen LogP contribution in [0.5, 0.6) is 5.75 Å². The summed E-state index contributed by atoms with van der Waals surface area (Å²) in [6, 6.07) is 2.97. The molecular formula is C13H14F3NO4. The molecule has 0 radical (unpaired) electrons. The van der Waals surface area contributed by atoms with Gasteiger partial charge in [0.25, 0.3) is 0 Å². The van der Waals surface area contributed by atoms with Gasteiger partial charge in [-0.1, -0.05) is 0 Å². The number of carbonyl (C=O) groups is 2. The molecule has 1 aromatic rings. The van der Waals surface area contributed by atoms with Gasteiger partial charge < -0.3 is 9.47 Å². The molecular weight excluding hydrogens is 291 g/mol. The SMILES string of the molecule is CC(C)(C)OC(=O)Nc1ccc(OC(F)(F)F)cc1C=O. The van der Waals surface area contributed by atoms with Gasteiger partial charge in [-0.15, -0.1) is 13.2 Å². The number of carbonyl (C=O) groups excluding carboxylic acids is 2. The molecule has 0 aromatic heterocycles. The molecule has 1 aromatic carbocycles. The first-order chi connectivity index (χ1) is 9.50. The van der Waals surface area contributed by atoms with Crippen LogP contribution in [0.4, 0.5) is 23.7 Å². The van der Waals surface area contributed by atoms with Crippen LogP contribution in [0.25, 0.3) is 0 Å². The van der Waals surface area contributed by atoms with Crippen molar-refractivity contribution in [1.29, 1.82) is 0 Å². The lowest BCUT2D eigenvalue weighted by Gasteiger charge is -2.20. The maximum Gasteiger partial charge on any atom is 0.573 e. The van der Waals surface area contributed by atoms with E-state index in [9.17, 15) is 22.8 Å². The second kappa shape index (κ2) is 6.02. The van der Waals surface area contributed by atoms with Crippen LogP contribution in [-0.4, -0.2) is 24.3 Å². The highest BCUT2D eigenvalue weighted by molar-refractivity contribution is 5.93. The van der Waals surface area contributed by atoms with E-state index in [0.717, 1.165) is 18.2 Å². The van der Waals surface area contributed by atoms with Gasteiger partial charge in [-0.3, -0.25) is 10.1 Å². The van der Waals surface area contributed by atoms with Crippen LogP contribution in [-0.2, 0) is 4.74 Å². The molecule has 1 amide bonds. The van der Waals surface area contributed by atoms with Crippen LogP contribution >= 0.6 is 0 Å². The zero-order valence-electron chi connectivity index (χ0n) is 11.6. The molecule has 5 nitrogen and oxygen atoms in total. The lowest BCUT2D eigenvalue weighted by Crippen LogP contribution is -2.27. The minimum absolute atomic E-state index is 0.0220. The third-order valence-corrected chi connectivity index (χ3v) is 2.02. The second-order valence-electron chi connectivity index (χ2n) is 5.04. The first-order valence-electron chi connectivity index (χ1n) is 5.85. The molecule has 0 saturated heterocycles. The van der Waals surface area contributed by atoms with Crippen LogP contribution in [0.1, 0.15) is 31.1 Å². The zero-order chi connectivity index (χ0) is 16.3. The number of halogens is 3. The smallest absolute Gasteiger partial charge is 0.444 e. The molecule has 116 valence electrons. The van der Waals surface area contributed by atoms with Gasteiger partial charge in [-0.2, -0.15) is 0 Å². The number of hydrogen-bond acceptors (Lipinski definition) is 4. The third-order valence-electron chi connectivity index (χ3n) is 2.02. The van der Waals surface area contributed by atoms with Gasteiger partial charge in [-0.05, 0) is 39.0 Å². The first-order valence-corrected chi connectivity index (χ1v) is 5.85. The Hall–Kier alpha value is -2.25. The van der Waals surface area contributed by atoms with E-state index in [1.165, 1.54) is 0 Å². The molecule has 0 atom stereocenters. The van der Waals surface area contributed by atoms with Crippen molar-refractivity contribution in [2.75, 3.05) is 5.32 Å². The first kappa shape index (κ1) is 16.8. The lowest BCUT2D eigenvalue weighted by molar-refractivity contribution is -0.274. The Labute approximate surface area is 119 Å². The lowest BCUT2D eigenvalue weighted by atomic mass is 10.2. The Morgan fingerprint density at radius 1 is 1.24 bits per heavy atom. The van der Waals surface area contributed by atoms with Crippen molar-refractivity contribution < 1.29 is 32.2 Å². The van der Waals surface area contributed by atoms with Crippen LogP contribution < -0.4 is 10.1 Å². The summed E-state index contributed by atoms with van der Waals surface area (Å²) < 4.78 is 44.9. The number of anilines is 1. The van der Waals surface area contributed by atoms with E-state index in [1.807, 2.05) is 0 Å². The van der Waals surface area contributed by atoms with Crippen LogP contribution in [0.15, 0.2) is 18.2 Å². The minimum Gasteiger partial charge on any atom is -0.444 e. The summed E-state index contributed by atoms with van der Waals surface area (Å²) in [4.78, 5) is 22.4. The highest BCUT2D eigenvalue weighted by Gasteiger charge is 2.31. The van der Waals surface area contributed by atoms with E-state index in [0.29, 0.717) is 6.29 Å². The Morgan fingerprint density at radius 2 is 1.86 bits per heavy atom. The number of hydrogen-bond donors (Lipinski definition) is 1. The normalized spacial score (nSPS) is 11.7. The van der Waals surface area contributed by atoms with E-state index in [4.69, 9.17) is 4.74 Å². The van der Waals surface area contributed by atoms with Crippen molar-refractivity contribution in [3.63, 3.8) is 0 Å². The van der Waals surface area contributed by atoms with Crippen molar-refractivity contribution in [1.82, 2.24) is 0 Å². The van der Waals surface area contributed by atoms with Gasteiger partial charge in [0.15, 0.2) is 6.29 Å². The van der Waals surface area contributed by atoms with Crippen molar-refractivity contribution in [2.45, 2.75) is 32.7 Å². The highest BCUT2D eigenvalue weighted by atomic mass is 19.4. The van der Waals surface area contributed by atoms with Crippen molar-refractivity contribution in [2.24, 2.45) is 0 Å². The fourth-order valence-electron chi connectivity index (χ4n) is 1.36.